The van der Waals surface area contributed by atoms with E-state index in [1.165, 1.54) is 39.2 Å². The maximum absolute atomic E-state index is 10.7. The zero-order valence-electron chi connectivity index (χ0n) is 8.16. The average Bonchev–Trinajstić information content (AvgIpc) is 2.19. The normalized spacial score (nSPS) is 19.2. The zero-order chi connectivity index (χ0) is 9.52. The second kappa shape index (κ2) is 5.73. The van der Waals surface area contributed by atoms with Crippen LogP contribution in [0.5, 0.6) is 0 Å². The number of rotatable bonds is 3. The molecule has 13 heavy (non-hydrogen) atoms. The van der Waals surface area contributed by atoms with Gasteiger partial charge in [-0.1, -0.05) is 19.3 Å². The molecule has 0 amide bonds. The van der Waals surface area contributed by atoms with Crippen LogP contribution >= 0.6 is 0 Å². The zero-order valence-corrected chi connectivity index (χ0v) is 8.16. The summed E-state index contributed by atoms with van der Waals surface area (Å²) < 4.78 is 4.49. The highest BCUT2D eigenvalue weighted by molar-refractivity contribution is 5.74. The number of aliphatic imine (C=N–C) groups is 1. The van der Waals surface area contributed by atoms with E-state index in [0.29, 0.717) is 5.92 Å². The van der Waals surface area contributed by atoms with Gasteiger partial charge in [0, 0.05) is 6.21 Å². The molecule has 3 nitrogen and oxygen atoms in total. The molecule has 0 bridgehead atoms. The summed E-state index contributed by atoms with van der Waals surface area (Å²) in [5.41, 5.74) is 0. The minimum atomic E-state index is -0.257. The standard InChI is InChI=1S/C10H17NO2/c1-13-10(12)8-11-7-9-5-3-2-4-6-9/h7,9H,2-6,8H2,1H3. The van der Waals surface area contributed by atoms with Crippen LogP contribution in [0.4, 0.5) is 0 Å². The molecule has 0 heterocycles. The number of carbonyl (C=O) groups is 1. The first-order valence-electron chi connectivity index (χ1n) is 4.89. The SMILES string of the molecule is COC(=O)CN=CC1CCCCC1. The van der Waals surface area contributed by atoms with Crippen molar-refractivity contribution in [1.82, 2.24) is 0 Å². The lowest BCUT2D eigenvalue weighted by molar-refractivity contribution is -0.138. The van der Waals surface area contributed by atoms with Crippen LogP contribution in [0.1, 0.15) is 32.1 Å². The molecule has 0 N–H and O–H groups in total. The number of hydrogen-bond acceptors (Lipinski definition) is 3. The molecule has 74 valence electrons. The van der Waals surface area contributed by atoms with Gasteiger partial charge in [-0.15, -0.1) is 0 Å². The van der Waals surface area contributed by atoms with Gasteiger partial charge in [-0.2, -0.15) is 0 Å². The molecular weight excluding hydrogens is 166 g/mol. The van der Waals surface area contributed by atoms with E-state index >= 15 is 0 Å². The molecule has 0 aromatic rings. The Morgan fingerprint density at radius 3 is 2.77 bits per heavy atom. The van der Waals surface area contributed by atoms with Crippen molar-refractivity contribution in [3.8, 4) is 0 Å². The van der Waals surface area contributed by atoms with Crippen LogP contribution in [0, 0.1) is 5.92 Å². The lowest BCUT2D eigenvalue weighted by Crippen LogP contribution is -2.10. The van der Waals surface area contributed by atoms with Gasteiger partial charge >= 0.3 is 5.97 Å². The van der Waals surface area contributed by atoms with E-state index in [4.69, 9.17) is 0 Å². The fourth-order valence-corrected chi connectivity index (χ4v) is 1.62. The van der Waals surface area contributed by atoms with Gasteiger partial charge in [0.25, 0.3) is 0 Å². The minimum Gasteiger partial charge on any atom is -0.468 e. The van der Waals surface area contributed by atoms with Gasteiger partial charge in [0.2, 0.25) is 0 Å². The fraction of sp³-hybridized carbons (Fsp3) is 0.800. The Morgan fingerprint density at radius 1 is 1.46 bits per heavy atom. The second-order valence-corrected chi connectivity index (χ2v) is 3.46. The van der Waals surface area contributed by atoms with Gasteiger partial charge < -0.3 is 4.74 Å². The lowest BCUT2D eigenvalue weighted by Gasteiger charge is -2.16. The summed E-state index contributed by atoms with van der Waals surface area (Å²) in [5, 5.41) is 0. The maximum Gasteiger partial charge on any atom is 0.327 e. The minimum absolute atomic E-state index is 0.174. The third-order valence-corrected chi connectivity index (χ3v) is 2.41. The summed E-state index contributed by atoms with van der Waals surface area (Å²) in [6.07, 6.45) is 8.33. The highest BCUT2D eigenvalue weighted by Crippen LogP contribution is 2.21. The summed E-state index contributed by atoms with van der Waals surface area (Å²) in [7, 11) is 1.39. The van der Waals surface area contributed by atoms with Crippen LogP contribution in [0.15, 0.2) is 4.99 Å². The van der Waals surface area contributed by atoms with E-state index in [0.717, 1.165) is 0 Å². The van der Waals surface area contributed by atoms with Crippen LogP contribution in [0.3, 0.4) is 0 Å². The quantitative estimate of drug-likeness (QED) is 0.494. The van der Waals surface area contributed by atoms with Crippen molar-refractivity contribution in [3.63, 3.8) is 0 Å². The Labute approximate surface area is 79.2 Å². The third kappa shape index (κ3) is 4.06. The Bertz CT molecular complexity index is 183. The molecule has 0 atom stereocenters. The molecule has 1 rings (SSSR count). The van der Waals surface area contributed by atoms with Crippen molar-refractivity contribution >= 4 is 12.2 Å². The van der Waals surface area contributed by atoms with Gasteiger partial charge in [0.15, 0.2) is 0 Å². The number of carbonyl (C=O) groups excluding carboxylic acids is 1. The van der Waals surface area contributed by atoms with Crippen molar-refractivity contribution in [2.75, 3.05) is 13.7 Å². The number of nitrogens with zero attached hydrogens (tertiary/aromatic N) is 1. The lowest BCUT2D eigenvalue weighted by atomic mass is 9.90. The van der Waals surface area contributed by atoms with Crippen LogP contribution in [-0.2, 0) is 9.53 Å². The molecule has 0 radical (unpaired) electrons. The Kier molecular flexibility index (Phi) is 4.50. The Hall–Kier alpha value is -0.860. The summed E-state index contributed by atoms with van der Waals surface area (Å²) in [5.74, 6) is 0.338. The molecule has 0 aromatic carbocycles. The number of methoxy groups -OCH3 is 1. The highest BCUT2D eigenvalue weighted by atomic mass is 16.5. The molecule has 0 spiro atoms. The summed E-state index contributed by atoms with van der Waals surface area (Å²) in [6.45, 7) is 0.174. The van der Waals surface area contributed by atoms with Crippen LogP contribution in [0.2, 0.25) is 0 Å². The third-order valence-electron chi connectivity index (χ3n) is 2.41. The van der Waals surface area contributed by atoms with E-state index in [9.17, 15) is 4.79 Å². The summed E-state index contributed by atoms with van der Waals surface area (Å²) >= 11 is 0. The van der Waals surface area contributed by atoms with Gasteiger partial charge in [0.1, 0.15) is 6.54 Å². The molecule has 0 aromatic heterocycles. The molecule has 3 heteroatoms. The number of hydrogen-bond donors (Lipinski definition) is 0. The first-order chi connectivity index (χ1) is 6.33. The van der Waals surface area contributed by atoms with Crippen molar-refractivity contribution in [2.24, 2.45) is 10.9 Å². The number of ether oxygens (including phenoxy) is 1. The van der Waals surface area contributed by atoms with E-state index in [1.807, 2.05) is 6.21 Å². The van der Waals surface area contributed by atoms with Crippen molar-refractivity contribution in [1.29, 1.82) is 0 Å². The predicted molar refractivity (Wildman–Crippen MR) is 52.0 cm³/mol. The molecule has 1 aliphatic rings. The van der Waals surface area contributed by atoms with Crippen molar-refractivity contribution in [2.45, 2.75) is 32.1 Å². The Morgan fingerprint density at radius 2 is 2.15 bits per heavy atom. The van der Waals surface area contributed by atoms with Crippen LogP contribution in [-0.4, -0.2) is 25.8 Å². The van der Waals surface area contributed by atoms with Gasteiger partial charge in [-0.05, 0) is 18.8 Å². The smallest absolute Gasteiger partial charge is 0.327 e. The number of esters is 1. The summed E-state index contributed by atoms with van der Waals surface area (Å²) in [6, 6.07) is 0. The molecule has 0 aliphatic heterocycles. The van der Waals surface area contributed by atoms with Gasteiger partial charge in [-0.25, -0.2) is 0 Å². The van der Waals surface area contributed by atoms with E-state index in [2.05, 4.69) is 9.73 Å². The topological polar surface area (TPSA) is 38.7 Å². The van der Waals surface area contributed by atoms with E-state index in [-0.39, 0.29) is 12.5 Å². The van der Waals surface area contributed by atoms with Crippen molar-refractivity contribution < 1.29 is 9.53 Å². The fourth-order valence-electron chi connectivity index (χ4n) is 1.62. The average molecular weight is 183 g/mol. The maximum atomic E-state index is 10.7. The molecule has 0 saturated heterocycles. The molecule has 1 fully saturated rings. The highest BCUT2D eigenvalue weighted by Gasteiger charge is 2.10. The van der Waals surface area contributed by atoms with Crippen LogP contribution < -0.4 is 0 Å². The first-order valence-corrected chi connectivity index (χ1v) is 4.89. The van der Waals surface area contributed by atoms with Crippen molar-refractivity contribution in [3.05, 3.63) is 0 Å². The Balaban J connectivity index is 2.18. The van der Waals surface area contributed by atoms with Gasteiger partial charge in [-0.3, -0.25) is 9.79 Å². The molecule has 1 aliphatic carbocycles. The second-order valence-electron chi connectivity index (χ2n) is 3.46. The first kappa shape index (κ1) is 10.2. The van der Waals surface area contributed by atoms with E-state index in [1.54, 1.807) is 0 Å². The van der Waals surface area contributed by atoms with Gasteiger partial charge in [0.05, 0.1) is 7.11 Å². The molecular formula is C10H17NO2. The van der Waals surface area contributed by atoms with Crippen LogP contribution in [0.25, 0.3) is 0 Å². The predicted octanol–water partition coefficient (Wildman–Crippen LogP) is 1.81. The molecule has 0 unspecified atom stereocenters. The van der Waals surface area contributed by atoms with E-state index < -0.39 is 0 Å². The molecule has 1 saturated carbocycles. The monoisotopic (exact) mass is 183 g/mol. The summed E-state index contributed by atoms with van der Waals surface area (Å²) in [4.78, 5) is 14.8. The largest absolute Gasteiger partial charge is 0.468 e.